The number of thiophene rings is 1. The molecular weight excluding hydrogens is 258 g/mol. The number of amides is 1. The summed E-state index contributed by atoms with van der Waals surface area (Å²) in [6, 6.07) is 2.22. The molecule has 1 aromatic rings. The molecule has 2 rings (SSSR count). The fourth-order valence-electron chi connectivity index (χ4n) is 2.37. The van der Waals surface area contributed by atoms with E-state index in [4.69, 9.17) is 0 Å². The zero-order chi connectivity index (χ0) is 13.5. The highest BCUT2D eigenvalue weighted by Gasteiger charge is 2.16. The van der Waals surface area contributed by atoms with Crippen molar-refractivity contribution in [3.63, 3.8) is 0 Å². The van der Waals surface area contributed by atoms with Gasteiger partial charge in [0, 0.05) is 37.5 Å². The van der Waals surface area contributed by atoms with Crippen LogP contribution in [-0.4, -0.2) is 44.0 Å². The summed E-state index contributed by atoms with van der Waals surface area (Å²) in [7, 11) is 1.91. The first-order chi connectivity index (χ1) is 9.29. The Morgan fingerprint density at radius 1 is 1.47 bits per heavy atom. The Labute approximate surface area is 119 Å². The van der Waals surface area contributed by atoms with Gasteiger partial charge in [-0.2, -0.15) is 0 Å². The molecule has 5 heteroatoms. The Hall–Kier alpha value is -0.910. The van der Waals surface area contributed by atoms with Gasteiger partial charge in [-0.15, -0.1) is 11.3 Å². The van der Waals surface area contributed by atoms with E-state index in [1.54, 1.807) is 0 Å². The molecule has 1 aromatic heterocycles. The summed E-state index contributed by atoms with van der Waals surface area (Å²) >= 11 is 1.87. The van der Waals surface area contributed by atoms with Gasteiger partial charge in [-0.25, -0.2) is 0 Å². The van der Waals surface area contributed by atoms with E-state index in [1.807, 2.05) is 18.4 Å². The molecule has 1 aliphatic rings. The third-order valence-corrected chi connectivity index (χ3v) is 4.49. The van der Waals surface area contributed by atoms with E-state index in [1.165, 1.54) is 10.4 Å². The second-order valence-corrected chi connectivity index (χ2v) is 5.95. The number of carbonyl (C=O) groups excluding carboxylic acids is 1. The first-order valence-corrected chi connectivity index (χ1v) is 7.86. The van der Waals surface area contributed by atoms with Crippen LogP contribution >= 0.6 is 11.3 Å². The number of nitrogens with zero attached hydrogens (tertiary/aromatic N) is 1. The van der Waals surface area contributed by atoms with Gasteiger partial charge in [0.05, 0.1) is 0 Å². The average molecular weight is 281 g/mol. The van der Waals surface area contributed by atoms with Crippen molar-refractivity contribution in [2.24, 2.45) is 0 Å². The average Bonchev–Trinajstić information content (AvgIpc) is 2.86. The van der Waals surface area contributed by atoms with Crippen molar-refractivity contribution in [2.75, 3.05) is 33.2 Å². The van der Waals surface area contributed by atoms with Crippen LogP contribution in [0.3, 0.4) is 0 Å². The zero-order valence-electron chi connectivity index (χ0n) is 11.6. The Bertz CT molecular complexity index is 405. The molecule has 1 aliphatic heterocycles. The van der Waals surface area contributed by atoms with Crippen LogP contribution in [0.5, 0.6) is 0 Å². The normalized spacial score (nSPS) is 15.2. The van der Waals surface area contributed by atoms with Crippen LogP contribution in [-0.2, 0) is 17.8 Å². The number of nitrogens with one attached hydrogen (secondary N) is 2. The Kier molecular flexibility index (Phi) is 5.82. The van der Waals surface area contributed by atoms with Crippen LogP contribution in [0.2, 0.25) is 0 Å². The maximum Gasteiger partial charge on any atom is 0.220 e. The van der Waals surface area contributed by atoms with Crippen molar-refractivity contribution >= 4 is 17.2 Å². The van der Waals surface area contributed by atoms with Gasteiger partial charge in [0.2, 0.25) is 5.91 Å². The molecule has 0 saturated carbocycles. The van der Waals surface area contributed by atoms with E-state index in [0.29, 0.717) is 6.42 Å². The van der Waals surface area contributed by atoms with E-state index >= 15 is 0 Å². The zero-order valence-corrected chi connectivity index (χ0v) is 12.4. The van der Waals surface area contributed by atoms with Crippen LogP contribution in [0.1, 0.15) is 23.3 Å². The van der Waals surface area contributed by atoms with Gasteiger partial charge in [0.25, 0.3) is 0 Å². The van der Waals surface area contributed by atoms with Crippen LogP contribution in [0.4, 0.5) is 0 Å². The lowest BCUT2D eigenvalue weighted by Crippen LogP contribution is -2.37. The summed E-state index contributed by atoms with van der Waals surface area (Å²) in [4.78, 5) is 15.5. The molecule has 0 aliphatic carbocycles. The molecule has 0 aromatic carbocycles. The predicted molar refractivity (Wildman–Crippen MR) is 79.5 cm³/mol. The van der Waals surface area contributed by atoms with Crippen LogP contribution in [0.15, 0.2) is 11.4 Å². The highest BCUT2D eigenvalue weighted by molar-refractivity contribution is 7.10. The molecule has 0 unspecified atom stereocenters. The Morgan fingerprint density at radius 2 is 2.37 bits per heavy atom. The lowest BCUT2D eigenvalue weighted by atomic mass is 10.1. The lowest BCUT2D eigenvalue weighted by molar-refractivity contribution is -0.121. The van der Waals surface area contributed by atoms with Crippen LogP contribution in [0, 0.1) is 0 Å². The van der Waals surface area contributed by atoms with Crippen LogP contribution < -0.4 is 10.6 Å². The van der Waals surface area contributed by atoms with Crippen molar-refractivity contribution in [1.82, 2.24) is 15.5 Å². The van der Waals surface area contributed by atoms with Crippen molar-refractivity contribution in [3.8, 4) is 0 Å². The Balaban J connectivity index is 1.60. The summed E-state index contributed by atoms with van der Waals surface area (Å²) in [6.45, 7) is 4.77. The largest absolute Gasteiger partial charge is 0.355 e. The first-order valence-electron chi connectivity index (χ1n) is 6.98. The third-order valence-electron chi connectivity index (χ3n) is 3.47. The third kappa shape index (κ3) is 4.60. The lowest BCUT2D eigenvalue weighted by Gasteiger charge is -2.26. The highest BCUT2D eigenvalue weighted by atomic mass is 32.1. The molecule has 0 bridgehead atoms. The minimum Gasteiger partial charge on any atom is -0.355 e. The van der Waals surface area contributed by atoms with Gasteiger partial charge in [-0.3, -0.25) is 9.69 Å². The molecule has 2 heterocycles. The maximum absolute atomic E-state index is 11.6. The van der Waals surface area contributed by atoms with Gasteiger partial charge < -0.3 is 10.6 Å². The second-order valence-electron chi connectivity index (χ2n) is 4.95. The molecule has 106 valence electrons. The quantitative estimate of drug-likeness (QED) is 0.739. The molecule has 19 heavy (non-hydrogen) atoms. The van der Waals surface area contributed by atoms with Crippen molar-refractivity contribution in [2.45, 2.75) is 25.8 Å². The summed E-state index contributed by atoms with van der Waals surface area (Å²) in [5.74, 6) is 0.170. The molecule has 1 amide bonds. The van der Waals surface area contributed by atoms with Crippen molar-refractivity contribution < 1.29 is 4.79 Å². The first kappa shape index (κ1) is 14.5. The summed E-state index contributed by atoms with van der Waals surface area (Å²) < 4.78 is 0. The van der Waals surface area contributed by atoms with Crippen molar-refractivity contribution in [3.05, 3.63) is 21.9 Å². The summed E-state index contributed by atoms with van der Waals surface area (Å²) in [5.41, 5.74) is 1.47. The number of carbonyl (C=O) groups is 1. The van der Waals surface area contributed by atoms with Gasteiger partial charge in [0.1, 0.15) is 0 Å². The van der Waals surface area contributed by atoms with E-state index in [-0.39, 0.29) is 5.91 Å². The predicted octanol–water partition coefficient (Wildman–Crippen LogP) is 1.22. The maximum atomic E-state index is 11.6. The molecule has 0 radical (unpaired) electrons. The van der Waals surface area contributed by atoms with E-state index in [9.17, 15) is 4.79 Å². The van der Waals surface area contributed by atoms with Crippen molar-refractivity contribution in [1.29, 1.82) is 0 Å². The van der Waals surface area contributed by atoms with Gasteiger partial charge in [-0.05, 0) is 43.4 Å². The molecule has 0 fully saturated rings. The number of hydrogen-bond donors (Lipinski definition) is 2. The summed E-state index contributed by atoms with van der Waals surface area (Å²) in [6.07, 6.45) is 2.68. The Morgan fingerprint density at radius 3 is 3.21 bits per heavy atom. The fraction of sp³-hybridized carbons (Fsp3) is 0.643. The van der Waals surface area contributed by atoms with E-state index < -0.39 is 0 Å². The molecule has 2 N–H and O–H groups in total. The second kappa shape index (κ2) is 7.62. The van der Waals surface area contributed by atoms with Crippen LogP contribution in [0.25, 0.3) is 0 Å². The smallest absolute Gasteiger partial charge is 0.220 e. The number of rotatable bonds is 7. The topological polar surface area (TPSA) is 44.4 Å². The SMILES string of the molecule is CNCCCC(=O)NCCN1CCc2sccc2C1. The minimum absolute atomic E-state index is 0.170. The monoisotopic (exact) mass is 281 g/mol. The van der Waals surface area contributed by atoms with Gasteiger partial charge >= 0.3 is 0 Å². The standard InChI is InChI=1S/C14H23N3OS/c1-15-6-2-3-14(18)16-7-9-17-8-4-13-12(11-17)5-10-19-13/h5,10,15H,2-4,6-9,11H2,1H3,(H,16,18). The highest BCUT2D eigenvalue weighted by Crippen LogP contribution is 2.23. The summed E-state index contributed by atoms with van der Waals surface area (Å²) in [5, 5.41) is 8.23. The van der Waals surface area contributed by atoms with Gasteiger partial charge in [-0.1, -0.05) is 0 Å². The fourth-order valence-corrected chi connectivity index (χ4v) is 3.25. The number of fused-ring (bicyclic) bond motifs is 1. The van der Waals surface area contributed by atoms with Gasteiger partial charge in [0.15, 0.2) is 0 Å². The minimum atomic E-state index is 0.170. The molecule has 0 atom stereocenters. The molecule has 4 nitrogen and oxygen atoms in total. The molecule has 0 saturated heterocycles. The molecular formula is C14H23N3OS. The molecule has 0 spiro atoms. The van der Waals surface area contributed by atoms with E-state index in [2.05, 4.69) is 27.0 Å². The number of hydrogen-bond acceptors (Lipinski definition) is 4. The van der Waals surface area contributed by atoms with E-state index in [0.717, 1.165) is 45.6 Å².